The number of ether oxygens (including phenoxy) is 1. The third-order valence-electron chi connectivity index (χ3n) is 4.09. The second-order valence-electron chi connectivity index (χ2n) is 5.81. The molecule has 0 saturated carbocycles. The van der Waals surface area contributed by atoms with Crippen LogP contribution in [0.15, 0.2) is 59.0 Å². The molecule has 3 rings (SSSR count). The van der Waals surface area contributed by atoms with Crippen LogP contribution in [-0.2, 0) is 16.1 Å². The van der Waals surface area contributed by atoms with Crippen LogP contribution in [0, 0.1) is 6.92 Å². The average molecular weight is 337 g/mol. The number of benzene rings is 2. The molecular weight excluding hydrogens is 318 g/mol. The highest BCUT2D eigenvalue weighted by Gasteiger charge is 2.23. The Morgan fingerprint density at radius 2 is 1.80 bits per heavy atom. The Morgan fingerprint density at radius 3 is 2.52 bits per heavy atom. The van der Waals surface area contributed by atoms with Crippen LogP contribution in [0.4, 0.5) is 0 Å². The van der Waals surface area contributed by atoms with E-state index in [9.17, 15) is 9.59 Å². The Balaban J connectivity index is 1.91. The minimum Gasteiger partial charge on any atom is -0.468 e. The molecule has 0 fully saturated rings. The normalized spacial score (nSPS) is 10.6. The van der Waals surface area contributed by atoms with Crippen molar-refractivity contribution >= 4 is 22.8 Å². The summed E-state index contributed by atoms with van der Waals surface area (Å²) in [7, 11) is 1.31. The largest absolute Gasteiger partial charge is 0.468 e. The van der Waals surface area contributed by atoms with Crippen LogP contribution in [0.25, 0.3) is 11.0 Å². The van der Waals surface area contributed by atoms with E-state index in [1.165, 1.54) is 12.0 Å². The summed E-state index contributed by atoms with van der Waals surface area (Å²) in [4.78, 5) is 26.1. The van der Waals surface area contributed by atoms with E-state index in [2.05, 4.69) is 0 Å². The van der Waals surface area contributed by atoms with Crippen molar-refractivity contribution in [2.75, 3.05) is 13.7 Å². The number of methoxy groups -OCH3 is 1. The van der Waals surface area contributed by atoms with Crippen molar-refractivity contribution in [1.82, 2.24) is 4.90 Å². The molecule has 2 aromatic carbocycles. The molecule has 25 heavy (non-hydrogen) atoms. The Kier molecular flexibility index (Phi) is 4.84. The lowest BCUT2D eigenvalue weighted by molar-refractivity contribution is -0.141. The fourth-order valence-electron chi connectivity index (χ4n) is 2.66. The van der Waals surface area contributed by atoms with Gasteiger partial charge in [0.05, 0.1) is 7.11 Å². The quantitative estimate of drug-likeness (QED) is 0.668. The van der Waals surface area contributed by atoms with Gasteiger partial charge >= 0.3 is 5.97 Å². The number of nitrogens with zero attached hydrogens (tertiary/aromatic N) is 1. The molecule has 1 heterocycles. The number of para-hydroxylation sites is 1. The van der Waals surface area contributed by atoms with Crippen LogP contribution in [0.2, 0.25) is 0 Å². The van der Waals surface area contributed by atoms with Gasteiger partial charge in [0.2, 0.25) is 0 Å². The smallest absolute Gasteiger partial charge is 0.325 e. The summed E-state index contributed by atoms with van der Waals surface area (Å²) in [6.07, 6.45) is 0. The van der Waals surface area contributed by atoms with Crippen LogP contribution >= 0.6 is 0 Å². The van der Waals surface area contributed by atoms with Crippen LogP contribution in [0.3, 0.4) is 0 Å². The van der Waals surface area contributed by atoms with E-state index in [-0.39, 0.29) is 18.2 Å². The van der Waals surface area contributed by atoms with Gasteiger partial charge in [0, 0.05) is 11.9 Å². The number of carbonyl (C=O) groups excluding carboxylic acids is 2. The predicted molar refractivity (Wildman–Crippen MR) is 94.1 cm³/mol. The third-order valence-corrected chi connectivity index (χ3v) is 4.09. The standard InChI is InChI=1S/C20H19NO4/c1-14-7-3-4-9-16(14)12-21(13-19(22)24-2)20(23)18-11-15-8-5-6-10-17(15)25-18/h3-11H,12-13H2,1-2H3. The maximum absolute atomic E-state index is 12.9. The summed E-state index contributed by atoms with van der Waals surface area (Å²) in [6.45, 7) is 2.13. The van der Waals surface area contributed by atoms with Gasteiger partial charge in [-0.2, -0.15) is 0 Å². The van der Waals surface area contributed by atoms with E-state index < -0.39 is 5.97 Å². The number of hydrogen-bond acceptors (Lipinski definition) is 4. The van der Waals surface area contributed by atoms with Crippen LogP contribution < -0.4 is 0 Å². The fraction of sp³-hybridized carbons (Fsp3) is 0.200. The van der Waals surface area contributed by atoms with Crippen molar-refractivity contribution < 1.29 is 18.7 Å². The van der Waals surface area contributed by atoms with Crippen LogP contribution in [-0.4, -0.2) is 30.4 Å². The molecule has 0 N–H and O–H groups in total. The van der Waals surface area contributed by atoms with Crippen molar-refractivity contribution in [2.24, 2.45) is 0 Å². The summed E-state index contributed by atoms with van der Waals surface area (Å²) < 4.78 is 10.4. The molecule has 1 amide bonds. The van der Waals surface area contributed by atoms with Gasteiger partial charge < -0.3 is 14.1 Å². The second-order valence-corrected chi connectivity index (χ2v) is 5.81. The van der Waals surface area contributed by atoms with Crippen LogP contribution in [0.5, 0.6) is 0 Å². The van der Waals surface area contributed by atoms with Gasteiger partial charge in [0.15, 0.2) is 5.76 Å². The number of rotatable bonds is 5. The Morgan fingerprint density at radius 1 is 1.08 bits per heavy atom. The lowest BCUT2D eigenvalue weighted by Crippen LogP contribution is -2.35. The molecule has 0 radical (unpaired) electrons. The van der Waals surface area contributed by atoms with E-state index >= 15 is 0 Å². The highest BCUT2D eigenvalue weighted by Crippen LogP contribution is 2.21. The first-order valence-electron chi connectivity index (χ1n) is 7.97. The number of hydrogen-bond donors (Lipinski definition) is 0. The highest BCUT2D eigenvalue weighted by atomic mass is 16.5. The van der Waals surface area contributed by atoms with E-state index in [0.717, 1.165) is 16.5 Å². The van der Waals surface area contributed by atoms with Gasteiger partial charge in [-0.1, -0.05) is 42.5 Å². The van der Waals surface area contributed by atoms with E-state index in [4.69, 9.17) is 9.15 Å². The number of carbonyl (C=O) groups is 2. The number of aryl methyl sites for hydroxylation is 1. The van der Waals surface area contributed by atoms with E-state index in [1.54, 1.807) is 12.1 Å². The first kappa shape index (κ1) is 16.8. The third kappa shape index (κ3) is 3.71. The molecule has 5 nitrogen and oxygen atoms in total. The molecule has 0 aliphatic rings. The zero-order valence-electron chi connectivity index (χ0n) is 14.2. The highest BCUT2D eigenvalue weighted by molar-refractivity contribution is 5.97. The monoisotopic (exact) mass is 337 g/mol. The molecule has 3 aromatic rings. The zero-order chi connectivity index (χ0) is 17.8. The molecule has 0 aliphatic heterocycles. The summed E-state index contributed by atoms with van der Waals surface area (Å²) in [5.74, 6) is -0.610. The summed E-state index contributed by atoms with van der Waals surface area (Å²) in [6, 6.07) is 16.8. The second kappa shape index (κ2) is 7.21. The molecule has 0 aliphatic carbocycles. The number of fused-ring (bicyclic) bond motifs is 1. The van der Waals surface area contributed by atoms with Gasteiger partial charge in [-0.15, -0.1) is 0 Å². The summed E-state index contributed by atoms with van der Waals surface area (Å²) in [5.41, 5.74) is 2.66. The van der Waals surface area contributed by atoms with Gasteiger partial charge in [0.1, 0.15) is 12.1 Å². The molecule has 0 bridgehead atoms. The van der Waals surface area contributed by atoms with Gasteiger partial charge in [-0.05, 0) is 30.2 Å². The Bertz CT molecular complexity index is 880. The molecule has 1 aromatic heterocycles. The summed E-state index contributed by atoms with van der Waals surface area (Å²) >= 11 is 0. The Labute approximate surface area is 145 Å². The molecular formula is C20H19NO4. The zero-order valence-corrected chi connectivity index (χ0v) is 14.2. The number of esters is 1. The summed E-state index contributed by atoms with van der Waals surface area (Å²) in [5, 5.41) is 0.847. The van der Waals surface area contributed by atoms with Crippen molar-refractivity contribution in [3.8, 4) is 0 Å². The molecule has 128 valence electrons. The van der Waals surface area contributed by atoms with Crippen molar-refractivity contribution in [3.05, 3.63) is 71.5 Å². The fourth-order valence-corrected chi connectivity index (χ4v) is 2.66. The minimum absolute atomic E-state index is 0.138. The predicted octanol–water partition coefficient (Wildman–Crippen LogP) is 3.56. The van der Waals surface area contributed by atoms with Crippen molar-refractivity contribution in [2.45, 2.75) is 13.5 Å². The molecule has 0 saturated heterocycles. The van der Waals surface area contributed by atoms with Gasteiger partial charge in [-0.3, -0.25) is 9.59 Å². The Hall–Kier alpha value is -3.08. The van der Waals surface area contributed by atoms with E-state index in [0.29, 0.717) is 12.1 Å². The molecule has 5 heteroatoms. The maximum atomic E-state index is 12.9. The molecule has 0 spiro atoms. The number of amides is 1. The number of furan rings is 1. The lowest BCUT2D eigenvalue weighted by atomic mass is 10.1. The average Bonchev–Trinajstić information content (AvgIpc) is 3.06. The van der Waals surface area contributed by atoms with E-state index in [1.807, 2.05) is 49.4 Å². The maximum Gasteiger partial charge on any atom is 0.325 e. The van der Waals surface area contributed by atoms with Crippen molar-refractivity contribution in [1.29, 1.82) is 0 Å². The first-order chi connectivity index (χ1) is 12.1. The van der Waals surface area contributed by atoms with Gasteiger partial charge in [-0.25, -0.2) is 0 Å². The van der Waals surface area contributed by atoms with Crippen molar-refractivity contribution in [3.63, 3.8) is 0 Å². The molecule has 0 unspecified atom stereocenters. The minimum atomic E-state index is -0.474. The van der Waals surface area contributed by atoms with Gasteiger partial charge in [0.25, 0.3) is 5.91 Å². The topological polar surface area (TPSA) is 59.8 Å². The molecule has 0 atom stereocenters. The first-order valence-corrected chi connectivity index (χ1v) is 7.97. The SMILES string of the molecule is COC(=O)CN(Cc1ccccc1C)C(=O)c1cc2ccccc2o1. The van der Waals surface area contributed by atoms with Crippen LogP contribution in [0.1, 0.15) is 21.7 Å². The lowest BCUT2D eigenvalue weighted by Gasteiger charge is -2.21.